The van der Waals surface area contributed by atoms with Crippen LogP contribution in [0.2, 0.25) is 0 Å². The number of carbonyl (C=O) groups is 1. The molecule has 2 aliphatic rings. The zero-order valence-electron chi connectivity index (χ0n) is 17.1. The Morgan fingerprint density at radius 2 is 1.90 bits per heavy atom. The van der Waals surface area contributed by atoms with E-state index in [1.807, 2.05) is 36.4 Å². The summed E-state index contributed by atoms with van der Waals surface area (Å²) < 4.78 is 12.8. The molecule has 2 amide bonds. The Kier molecular flexibility index (Phi) is 5.61. The number of nitrogens with one attached hydrogen (secondary N) is 1. The average molecular weight is 440 g/mol. The summed E-state index contributed by atoms with van der Waals surface area (Å²) in [5.41, 5.74) is 5.99. The highest BCUT2D eigenvalue weighted by Crippen LogP contribution is 2.35. The van der Waals surface area contributed by atoms with Crippen LogP contribution in [0.1, 0.15) is 25.7 Å². The van der Waals surface area contributed by atoms with Crippen molar-refractivity contribution in [3.05, 3.63) is 42.6 Å². The minimum absolute atomic E-state index is 0.200. The zero-order chi connectivity index (χ0) is 21.2. The molecule has 0 aliphatic carbocycles. The minimum Gasteiger partial charge on any atom is -0.492 e. The Morgan fingerprint density at radius 3 is 2.61 bits per heavy atom. The van der Waals surface area contributed by atoms with Gasteiger partial charge in [-0.2, -0.15) is 4.98 Å². The summed E-state index contributed by atoms with van der Waals surface area (Å²) in [5.74, 6) is 1.53. The van der Waals surface area contributed by atoms with Crippen molar-refractivity contribution in [2.24, 2.45) is 5.73 Å². The van der Waals surface area contributed by atoms with Crippen LogP contribution >= 0.6 is 11.3 Å². The number of thiazole rings is 1. The van der Waals surface area contributed by atoms with E-state index in [0.717, 1.165) is 29.8 Å². The lowest BCUT2D eigenvalue weighted by Gasteiger charge is -2.38. The Hall–Kier alpha value is -2.91. The second-order valence-electron chi connectivity index (χ2n) is 8.03. The van der Waals surface area contributed by atoms with Crippen LogP contribution in [0, 0.1) is 0 Å². The fourth-order valence-corrected chi connectivity index (χ4v) is 5.52. The predicted molar refractivity (Wildman–Crippen MR) is 119 cm³/mol. The molecule has 0 saturated carbocycles. The lowest BCUT2D eigenvalue weighted by molar-refractivity contribution is 0.1000. The number of fused-ring (bicyclic) bond motifs is 3. The molecule has 3 aromatic rings. The van der Waals surface area contributed by atoms with Gasteiger partial charge in [0.05, 0.1) is 4.70 Å². The van der Waals surface area contributed by atoms with E-state index in [2.05, 4.69) is 20.2 Å². The highest BCUT2D eigenvalue weighted by atomic mass is 32.1. The highest BCUT2D eigenvalue weighted by molar-refractivity contribution is 7.20. The molecule has 0 spiro atoms. The number of nitrogens with two attached hydrogens (primary N) is 1. The minimum atomic E-state index is -0.423. The second-order valence-corrected chi connectivity index (χ2v) is 9.02. The largest absolute Gasteiger partial charge is 0.492 e. The van der Waals surface area contributed by atoms with E-state index in [0.29, 0.717) is 35.3 Å². The highest BCUT2D eigenvalue weighted by Gasteiger charge is 2.40. The summed E-state index contributed by atoms with van der Waals surface area (Å²) in [5, 5.41) is 3.45. The number of pyridine rings is 1. The number of hydrogen-bond donors (Lipinski definition) is 2. The molecule has 8 nitrogen and oxygen atoms in total. The molecule has 2 bridgehead atoms. The summed E-state index contributed by atoms with van der Waals surface area (Å²) in [7, 11) is 0. The number of primary amides is 1. The molecule has 4 heterocycles. The molecular weight excluding hydrogens is 414 g/mol. The molecule has 2 aromatic heterocycles. The Balaban J connectivity index is 1.11. The molecule has 3 N–H and O–H groups in total. The third-order valence-corrected chi connectivity index (χ3v) is 6.91. The number of hydrogen-bond acceptors (Lipinski definition) is 7. The van der Waals surface area contributed by atoms with E-state index in [4.69, 9.17) is 15.2 Å². The summed E-state index contributed by atoms with van der Waals surface area (Å²) >= 11 is 1.47. The molecule has 31 heavy (non-hydrogen) atoms. The number of benzene rings is 1. The van der Waals surface area contributed by atoms with Crippen molar-refractivity contribution in [3.63, 3.8) is 0 Å². The molecule has 162 valence electrons. The van der Waals surface area contributed by atoms with Crippen LogP contribution < -0.4 is 20.5 Å². The van der Waals surface area contributed by atoms with Crippen LogP contribution in [-0.4, -0.2) is 52.2 Å². The monoisotopic (exact) mass is 439 g/mol. The van der Waals surface area contributed by atoms with E-state index < -0.39 is 6.03 Å². The summed E-state index contributed by atoms with van der Waals surface area (Å²) in [4.78, 5) is 22.3. The summed E-state index contributed by atoms with van der Waals surface area (Å²) in [6.45, 7) is 1.51. The van der Waals surface area contributed by atoms with Crippen LogP contribution in [-0.2, 0) is 0 Å². The number of piperidine rings is 1. The third kappa shape index (κ3) is 4.57. The number of rotatable bonds is 7. The van der Waals surface area contributed by atoms with E-state index in [-0.39, 0.29) is 6.04 Å². The van der Waals surface area contributed by atoms with E-state index in [1.54, 1.807) is 6.20 Å². The Bertz CT molecular complexity index is 1010. The van der Waals surface area contributed by atoms with E-state index >= 15 is 0 Å². The topological polar surface area (TPSA) is 103 Å². The smallest absolute Gasteiger partial charge is 0.312 e. The van der Waals surface area contributed by atoms with Crippen LogP contribution in [0.25, 0.3) is 10.3 Å². The molecule has 5 rings (SSSR count). The maximum atomic E-state index is 11.1. The first kappa shape index (κ1) is 20.0. The van der Waals surface area contributed by atoms with Gasteiger partial charge >= 0.3 is 6.03 Å². The van der Waals surface area contributed by atoms with Crippen molar-refractivity contribution < 1.29 is 14.3 Å². The van der Waals surface area contributed by atoms with Crippen molar-refractivity contribution in [2.45, 2.75) is 43.8 Å². The van der Waals surface area contributed by atoms with Gasteiger partial charge in [0.1, 0.15) is 18.1 Å². The fourth-order valence-electron chi connectivity index (χ4n) is 4.72. The number of urea groups is 1. The van der Waals surface area contributed by atoms with Crippen molar-refractivity contribution >= 4 is 27.7 Å². The SMILES string of the molecule is NC(=O)NC1C[C@H]2CC[C@@H](C1)N2CCOc1ccc(Oc2nc3ncccc3s2)cc1. The van der Waals surface area contributed by atoms with Gasteiger partial charge in [0.2, 0.25) is 0 Å². The Labute approximate surface area is 184 Å². The quantitative estimate of drug-likeness (QED) is 0.584. The first-order chi connectivity index (χ1) is 15.1. The number of amides is 2. The Morgan fingerprint density at radius 1 is 1.16 bits per heavy atom. The molecule has 1 aromatic carbocycles. The van der Waals surface area contributed by atoms with Gasteiger partial charge in [-0.05, 0) is 62.1 Å². The molecule has 2 aliphatic heterocycles. The lowest BCUT2D eigenvalue weighted by Crippen LogP contribution is -2.52. The molecule has 0 radical (unpaired) electrons. The average Bonchev–Trinajstić information content (AvgIpc) is 3.26. The normalized spacial score (nSPS) is 23.0. The number of carbonyl (C=O) groups excluding carboxylic acids is 1. The summed E-state index contributed by atoms with van der Waals surface area (Å²) in [6, 6.07) is 12.3. The third-order valence-electron chi connectivity index (χ3n) is 6.02. The van der Waals surface area contributed by atoms with E-state index in [1.165, 1.54) is 24.2 Å². The van der Waals surface area contributed by atoms with Gasteiger partial charge in [0, 0.05) is 30.9 Å². The molecule has 2 saturated heterocycles. The molecule has 9 heteroatoms. The molecular formula is C22H25N5O3S. The van der Waals surface area contributed by atoms with Gasteiger partial charge in [-0.15, -0.1) is 0 Å². The first-order valence-electron chi connectivity index (χ1n) is 10.6. The van der Waals surface area contributed by atoms with Crippen molar-refractivity contribution in [1.82, 2.24) is 20.2 Å². The predicted octanol–water partition coefficient (Wildman–Crippen LogP) is 3.53. The van der Waals surface area contributed by atoms with Gasteiger partial charge in [0.25, 0.3) is 5.19 Å². The van der Waals surface area contributed by atoms with Crippen molar-refractivity contribution in [3.8, 4) is 16.7 Å². The zero-order valence-corrected chi connectivity index (χ0v) is 17.9. The first-order valence-corrected chi connectivity index (χ1v) is 11.4. The van der Waals surface area contributed by atoms with Gasteiger partial charge in [-0.25, -0.2) is 9.78 Å². The van der Waals surface area contributed by atoms with Gasteiger partial charge in [0.15, 0.2) is 5.65 Å². The van der Waals surface area contributed by atoms with Gasteiger partial charge in [-0.1, -0.05) is 11.3 Å². The number of aromatic nitrogens is 2. The lowest BCUT2D eigenvalue weighted by atomic mass is 9.97. The number of nitrogens with zero attached hydrogens (tertiary/aromatic N) is 3. The van der Waals surface area contributed by atoms with Gasteiger partial charge < -0.3 is 20.5 Å². The van der Waals surface area contributed by atoms with Crippen LogP contribution in [0.5, 0.6) is 16.7 Å². The second kappa shape index (κ2) is 8.68. The van der Waals surface area contributed by atoms with Crippen molar-refractivity contribution in [2.75, 3.05) is 13.2 Å². The van der Waals surface area contributed by atoms with Crippen LogP contribution in [0.15, 0.2) is 42.6 Å². The van der Waals surface area contributed by atoms with Crippen LogP contribution in [0.3, 0.4) is 0 Å². The molecule has 3 atom stereocenters. The van der Waals surface area contributed by atoms with Crippen molar-refractivity contribution in [1.29, 1.82) is 0 Å². The number of ether oxygens (including phenoxy) is 2. The van der Waals surface area contributed by atoms with Crippen LogP contribution in [0.4, 0.5) is 4.79 Å². The fraction of sp³-hybridized carbons (Fsp3) is 0.409. The van der Waals surface area contributed by atoms with Gasteiger partial charge in [-0.3, -0.25) is 4.90 Å². The standard InChI is InChI=1S/C22H25N5O3S/c23-21(28)25-14-12-15-3-4-16(13-14)27(15)10-11-29-17-5-7-18(8-6-17)30-22-26-20-19(31-22)2-1-9-24-20/h1-2,5-9,14-16H,3-4,10-13H2,(H3,23,25,28)/t14?,15-,16+. The van der Waals surface area contributed by atoms with E-state index in [9.17, 15) is 4.79 Å². The maximum Gasteiger partial charge on any atom is 0.312 e. The summed E-state index contributed by atoms with van der Waals surface area (Å²) in [6.07, 6.45) is 6.01. The molecule has 2 fully saturated rings. The maximum absolute atomic E-state index is 11.1. The molecule has 1 unspecified atom stereocenters.